The van der Waals surface area contributed by atoms with Gasteiger partial charge in [-0.05, 0) is 18.6 Å². The van der Waals surface area contributed by atoms with Crippen LogP contribution in [0.3, 0.4) is 0 Å². The first kappa shape index (κ1) is 16.2. The summed E-state index contributed by atoms with van der Waals surface area (Å²) in [6.45, 7) is 5.88. The van der Waals surface area contributed by atoms with Gasteiger partial charge in [0.05, 0.1) is 4.92 Å². The maximum Gasteiger partial charge on any atom is 0.287 e. The molecule has 1 saturated heterocycles. The lowest BCUT2D eigenvalue weighted by Crippen LogP contribution is -2.49. The average molecular weight is 306 g/mol. The zero-order valence-corrected chi connectivity index (χ0v) is 12.2. The Bertz CT molecular complexity index is 457. The molecular weight excluding hydrogens is 289 g/mol. The van der Waals surface area contributed by atoms with Gasteiger partial charge in [0, 0.05) is 38.3 Å². The van der Waals surface area contributed by atoms with Crippen molar-refractivity contribution >= 4 is 29.7 Å². The van der Waals surface area contributed by atoms with E-state index >= 15 is 0 Å². The molecule has 0 amide bonds. The van der Waals surface area contributed by atoms with Gasteiger partial charge in [-0.15, -0.1) is 12.4 Å². The fourth-order valence-corrected chi connectivity index (χ4v) is 2.42. The number of benzene rings is 1. The van der Waals surface area contributed by atoms with Crippen LogP contribution in [0.25, 0.3) is 0 Å². The highest BCUT2D eigenvalue weighted by Gasteiger charge is 2.19. The van der Waals surface area contributed by atoms with Crippen molar-refractivity contribution in [2.24, 2.45) is 0 Å². The number of nitro benzene ring substituents is 1. The van der Waals surface area contributed by atoms with Crippen LogP contribution in [0.15, 0.2) is 18.2 Å². The molecule has 0 bridgehead atoms. The second kappa shape index (κ2) is 7.05. The number of rotatable bonds is 3. The molecule has 1 aliphatic rings. The van der Waals surface area contributed by atoms with Crippen LogP contribution < -0.4 is 5.32 Å². The molecule has 0 saturated carbocycles. The van der Waals surface area contributed by atoms with Crippen LogP contribution in [0, 0.1) is 10.1 Å². The summed E-state index contributed by atoms with van der Waals surface area (Å²) in [6.07, 6.45) is 0. The lowest BCUT2D eigenvalue weighted by atomic mass is 10.1. The van der Waals surface area contributed by atoms with E-state index < -0.39 is 4.92 Å². The highest BCUT2D eigenvalue weighted by molar-refractivity contribution is 6.32. The Labute approximate surface area is 123 Å². The summed E-state index contributed by atoms with van der Waals surface area (Å²) in [4.78, 5) is 12.6. The number of hydrogen-bond donors (Lipinski definition) is 1. The second-order valence-corrected chi connectivity index (χ2v) is 4.97. The Kier molecular flexibility index (Phi) is 6.00. The van der Waals surface area contributed by atoms with Crippen molar-refractivity contribution in [1.82, 2.24) is 10.2 Å². The van der Waals surface area contributed by atoms with E-state index in [1.807, 2.05) is 0 Å². The normalized spacial score (nSPS) is 19.8. The topological polar surface area (TPSA) is 58.4 Å². The van der Waals surface area contributed by atoms with E-state index in [0.717, 1.165) is 31.7 Å². The predicted octanol–water partition coefficient (Wildman–Crippen LogP) is 2.46. The summed E-state index contributed by atoms with van der Waals surface area (Å²) < 4.78 is 0. The largest absolute Gasteiger partial charge is 0.314 e. The van der Waals surface area contributed by atoms with Crippen molar-refractivity contribution in [3.05, 3.63) is 38.9 Å². The third-order valence-corrected chi connectivity index (χ3v) is 3.54. The highest BCUT2D eigenvalue weighted by Crippen LogP contribution is 2.25. The van der Waals surface area contributed by atoms with E-state index in [9.17, 15) is 10.1 Å². The van der Waals surface area contributed by atoms with E-state index in [2.05, 4.69) is 17.1 Å². The summed E-state index contributed by atoms with van der Waals surface area (Å²) in [5.74, 6) is 0. The average Bonchev–Trinajstić information content (AvgIpc) is 2.32. The van der Waals surface area contributed by atoms with Gasteiger partial charge < -0.3 is 5.32 Å². The van der Waals surface area contributed by atoms with E-state index in [-0.39, 0.29) is 23.1 Å². The molecule has 0 spiro atoms. The van der Waals surface area contributed by atoms with Crippen molar-refractivity contribution in [1.29, 1.82) is 0 Å². The molecule has 106 valence electrons. The quantitative estimate of drug-likeness (QED) is 0.688. The standard InChI is InChI=1S/C12H16ClN3O2.ClH/c1-9-7-14-4-5-15(9)8-10-2-3-12(16(17)18)11(13)6-10;/h2-3,6,9,14H,4-5,7-8H2,1H3;1H/t9-;/m1./s1. The SMILES string of the molecule is C[C@@H]1CNCCN1Cc1ccc([N+](=O)[O-])c(Cl)c1.Cl. The van der Waals surface area contributed by atoms with Crippen molar-refractivity contribution in [2.45, 2.75) is 19.5 Å². The molecule has 0 radical (unpaired) electrons. The molecule has 1 atom stereocenters. The number of hydrogen-bond acceptors (Lipinski definition) is 4. The number of piperazine rings is 1. The number of halogens is 2. The molecule has 1 N–H and O–H groups in total. The molecule has 1 aromatic carbocycles. The Hall–Kier alpha value is -0.880. The number of nitro groups is 1. The molecule has 2 rings (SSSR count). The van der Waals surface area contributed by atoms with Gasteiger partial charge in [0.1, 0.15) is 5.02 Å². The summed E-state index contributed by atoms with van der Waals surface area (Å²) in [5.41, 5.74) is 0.980. The van der Waals surface area contributed by atoms with Gasteiger partial charge in [0.25, 0.3) is 5.69 Å². The first-order chi connectivity index (χ1) is 8.58. The molecule has 19 heavy (non-hydrogen) atoms. The zero-order chi connectivity index (χ0) is 13.1. The van der Waals surface area contributed by atoms with Gasteiger partial charge in [-0.3, -0.25) is 15.0 Å². The Morgan fingerprint density at radius 3 is 2.89 bits per heavy atom. The van der Waals surface area contributed by atoms with E-state index in [1.165, 1.54) is 6.07 Å². The van der Waals surface area contributed by atoms with E-state index in [4.69, 9.17) is 11.6 Å². The van der Waals surface area contributed by atoms with Gasteiger partial charge in [0.2, 0.25) is 0 Å². The molecule has 0 aromatic heterocycles. The predicted molar refractivity (Wildman–Crippen MR) is 78.1 cm³/mol. The number of nitrogens with zero attached hydrogens (tertiary/aromatic N) is 2. The summed E-state index contributed by atoms with van der Waals surface area (Å²) in [6, 6.07) is 5.41. The van der Waals surface area contributed by atoms with Crippen LogP contribution >= 0.6 is 24.0 Å². The molecule has 0 unspecified atom stereocenters. The first-order valence-corrected chi connectivity index (χ1v) is 6.33. The minimum absolute atomic E-state index is 0. The Balaban J connectivity index is 0.00000180. The van der Waals surface area contributed by atoms with E-state index in [0.29, 0.717) is 6.04 Å². The van der Waals surface area contributed by atoms with Crippen molar-refractivity contribution in [3.8, 4) is 0 Å². The maximum atomic E-state index is 10.7. The van der Waals surface area contributed by atoms with Crippen LogP contribution in [-0.2, 0) is 6.54 Å². The van der Waals surface area contributed by atoms with Crippen LogP contribution in [0.1, 0.15) is 12.5 Å². The molecular formula is C12H17Cl2N3O2. The third-order valence-electron chi connectivity index (χ3n) is 3.23. The molecule has 1 heterocycles. The minimum atomic E-state index is -0.459. The smallest absolute Gasteiger partial charge is 0.287 e. The van der Waals surface area contributed by atoms with Crippen LogP contribution in [-0.4, -0.2) is 35.5 Å². The summed E-state index contributed by atoms with van der Waals surface area (Å²) in [5, 5.41) is 14.2. The Morgan fingerprint density at radius 1 is 1.58 bits per heavy atom. The third kappa shape index (κ3) is 4.04. The second-order valence-electron chi connectivity index (χ2n) is 4.57. The maximum absolute atomic E-state index is 10.7. The molecule has 0 aliphatic carbocycles. The lowest BCUT2D eigenvalue weighted by molar-refractivity contribution is -0.384. The van der Waals surface area contributed by atoms with Gasteiger partial charge in [-0.25, -0.2) is 0 Å². The first-order valence-electron chi connectivity index (χ1n) is 5.95. The molecule has 5 nitrogen and oxygen atoms in total. The van der Waals surface area contributed by atoms with Crippen molar-refractivity contribution < 1.29 is 4.92 Å². The molecule has 7 heteroatoms. The number of nitrogens with one attached hydrogen (secondary N) is 1. The molecule has 1 aromatic rings. The van der Waals surface area contributed by atoms with Gasteiger partial charge in [-0.1, -0.05) is 17.7 Å². The van der Waals surface area contributed by atoms with Crippen LogP contribution in [0.2, 0.25) is 5.02 Å². The van der Waals surface area contributed by atoms with Gasteiger partial charge in [0.15, 0.2) is 0 Å². The summed E-state index contributed by atoms with van der Waals surface area (Å²) >= 11 is 5.91. The van der Waals surface area contributed by atoms with Crippen LogP contribution in [0.5, 0.6) is 0 Å². The summed E-state index contributed by atoms with van der Waals surface area (Å²) in [7, 11) is 0. The fraction of sp³-hybridized carbons (Fsp3) is 0.500. The monoisotopic (exact) mass is 305 g/mol. The molecule has 1 fully saturated rings. The van der Waals surface area contributed by atoms with E-state index in [1.54, 1.807) is 12.1 Å². The lowest BCUT2D eigenvalue weighted by Gasteiger charge is -2.33. The van der Waals surface area contributed by atoms with Crippen molar-refractivity contribution in [3.63, 3.8) is 0 Å². The fourth-order valence-electron chi connectivity index (χ4n) is 2.15. The van der Waals surface area contributed by atoms with Crippen molar-refractivity contribution in [2.75, 3.05) is 19.6 Å². The zero-order valence-electron chi connectivity index (χ0n) is 10.6. The van der Waals surface area contributed by atoms with Crippen LogP contribution in [0.4, 0.5) is 5.69 Å². The molecule has 1 aliphatic heterocycles. The minimum Gasteiger partial charge on any atom is -0.314 e. The Morgan fingerprint density at radius 2 is 2.32 bits per heavy atom. The van der Waals surface area contributed by atoms with Gasteiger partial charge >= 0.3 is 0 Å². The van der Waals surface area contributed by atoms with Gasteiger partial charge in [-0.2, -0.15) is 0 Å². The highest BCUT2D eigenvalue weighted by atomic mass is 35.5.